The fourth-order valence-corrected chi connectivity index (χ4v) is 3.34. The van der Waals surface area contributed by atoms with Crippen LogP contribution in [-0.2, 0) is 6.54 Å². The van der Waals surface area contributed by atoms with Gasteiger partial charge in [-0.3, -0.25) is 0 Å². The molecule has 3 atom stereocenters. The molecule has 1 N–H and O–H groups in total. The fraction of sp³-hybridized carbons (Fsp3) is 0.647. The predicted molar refractivity (Wildman–Crippen MR) is 88.1 cm³/mol. The summed E-state index contributed by atoms with van der Waals surface area (Å²) in [7, 11) is 0. The lowest BCUT2D eigenvalue weighted by molar-refractivity contribution is 0.310. The first-order valence-electron chi connectivity index (χ1n) is 7.76. The molecular formula is C17H26BrNO. The van der Waals surface area contributed by atoms with Crippen molar-refractivity contribution in [3.63, 3.8) is 0 Å². The molecule has 1 fully saturated rings. The van der Waals surface area contributed by atoms with Crippen molar-refractivity contribution in [1.82, 2.24) is 5.32 Å². The van der Waals surface area contributed by atoms with Gasteiger partial charge in [0.15, 0.2) is 0 Å². The molecule has 112 valence electrons. The standard InChI is InChI=1S/C17H26BrNO/c1-4-9-20-17-8-6-15(18)10-14(17)11-19-16-7-5-12(2)13(16)3/h6,8,10,12-13,16,19H,4-5,7,9,11H2,1-3H3. The maximum absolute atomic E-state index is 5.84. The lowest BCUT2D eigenvalue weighted by atomic mass is 9.97. The molecule has 2 rings (SSSR count). The molecule has 1 aromatic rings. The Morgan fingerprint density at radius 1 is 1.30 bits per heavy atom. The van der Waals surface area contributed by atoms with Crippen molar-refractivity contribution in [3.8, 4) is 5.75 Å². The molecule has 20 heavy (non-hydrogen) atoms. The molecule has 0 spiro atoms. The van der Waals surface area contributed by atoms with Crippen LogP contribution < -0.4 is 10.1 Å². The van der Waals surface area contributed by atoms with Gasteiger partial charge in [0.25, 0.3) is 0 Å². The van der Waals surface area contributed by atoms with Crippen molar-refractivity contribution in [2.24, 2.45) is 11.8 Å². The van der Waals surface area contributed by atoms with E-state index in [1.54, 1.807) is 0 Å². The van der Waals surface area contributed by atoms with E-state index < -0.39 is 0 Å². The minimum atomic E-state index is 0.642. The molecule has 0 bridgehead atoms. The zero-order chi connectivity index (χ0) is 14.5. The van der Waals surface area contributed by atoms with Gasteiger partial charge in [0.05, 0.1) is 6.61 Å². The lowest BCUT2D eigenvalue weighted by Gasteiger charge is -2.21. The Labute approximate surface area is 131 Å². The van der Waals surface area contributed by atoms with Crippen LogP contribution in [0.2, 0.25) is 0 Å². The third kappa shape index (κ3) is 3.98. The Bertz CT molecular complexity index is 435. The van der Waals surface area contributed by atoms with E-state index in [9.17, 15) is 0 Å². The van der Waals surface area contributed by atoms with Gasteiger partial charge >= 0.3 is 0 Å². The highest BCUT2D eigenvalue weighted by molar-refractivity contribution is 9.10. The molecule has 1 aromatic carbocycles. The molecule has 0 radical (unpaired) electrons. The highest BCUT2D eigenvalue weighted by Crippen LogP contribution is 2.32. The van der Waals surface area contributed by atoms with Gasteiger partial charge in [-0.05, 0) is 49.3 Å². The van der Waals surface area contributed by atoms with Gasteiger partial charge in [-0.1, -0.05) is 36.7 Å². The van der Waals surface area contributed by atoms with Crippen molar-refractivity contribution < 1.29 is 4.74 Å². The van der Waals surface area contributed by atoms with E-state index in [1.165, 1.54) is 18.4 Å². The number of benzene rings is 1. The van der Waals surface area contributed by atoms with E-state index in [-0.39, 0.29) is 0 Å². The van der Waals surface area contributed by atoms with Crippen molar-refractivity contribution in [3.05, 3.63) is 28.2 Å². The molecule has 0 heterocycles. The van der Waals surface area contributed by atoms with E-state index in [0.29, 0.717) is 6.04 Å². The third-order valence-electron chi connectivity index (χ3n) is 4.50. The summed E-state index contributed by atoms with van der Waals surface area (Å²) in [5.41, 5.74) is 1.25. The second-order valence-corrected chi connectivity index (χ2v) is 6.92. The van der Waals surface area contributed by atoms with E-state index >= 15 is 0 Å². The molecule has 3 heteroatoms. The molecule has 1 saturated carbocycles. The van der Waals surface area contributed by atoms with Gasteiger partial charge in [-0.25, -0.2) is 0 Å². The molecule has 2 nitrogen and oxygen atoms in total. The van der Waals surface area contributed by atoms with Crippen LogP contribution in [0, 0.1) is 11.8 Å². The van der Waals surface area contributed by atoms with E-state index in [4.69, 9.17) is 4.74 Å². The average molecular weight is 340 g/mol. The summed E-state index contributed by atoms with van der Waals surface area (Å²) in [5.74, 6) is 2.62. The number of hydrogen-bond donors (Lipinski definition) is 1. The molecule has 0 saturated heterocycles. The van der Waals surface area contributed by atoms with Gasteiger partial charge in [0, 0.05) is 22.6 Å². The summed E-state index contributed by atoms with van der Waals surface area (Å²) < 4.78 is 6.96. The monoisotopic (exact) mass is 339 g/mol. The summed E-state index contributed by atoms with van der Waals surface area (Å²) in [6, 6.07) is 6.93. The number of hydrogen-bond acceptors (Lipinski definition) is 2. The van der Waals surface area contributed by atoms with Crippen molar-refractivity contribution in [2.75, 3.05) is 6.61 Å². The molecule has 1 aliphatic carbocycles. The zero-order valence-electron chi connectivity index (χ0n) is 12.8. The first-order valence-corrected chi connectivity index (χ1v) is 8.55. The molecular weight excluding hydrogens is 314 g/mol. The van der Waals surface area contributed by atoms with Gasteiger partial charge in [-0.15, -0.1) is 0 Å². The van der Waals surface area contributed by atoms with E-state index in [2.05, 4.69) is 60.2 Å². The Balaban J connectivity index is 1.99. The predicted octanol–water partition coefficient (Wildman–Crippen LogP) is 4.76. The number of ether oxygens (including phenoxy) is 1. The van der Waals surface area contributed by atoms with Gasteiger partial charge in [0.2, 0.25) is 0 Å². The number of rotatable bonds is 6. The average Bonchev–Trinajstić information content (AvgIpc) is 2.75. The molecule has 0 amide bonds. The Kier molecular flexibility index (Phi) is 5.91. The highest BCUT2D eigenvalue weighted by atomic mass is 79.9. The molecule has 0 aromatic heterocycles. The van der Waals surface area contributed by atoms with Gasteiger partial charge < -0.3 is 10.1 Å². The van der Waals surface area contributed by atoms with Crippen LogP contribution in [0.4, 0.5) is 0 Å². The Morgan fingerprint density at radius 3 is 2.75 bits per heavy atom. The quantitative estimate of drug-likeness (QED) is 0.806. The SMILES string of the molecule is CCCOc1ccc(Br)cc1CNC1CCC(C)C1C. The maximum Gasteiger partial charge on any atom is 0.123 e. The molecule has 3 unspecified atom stereocenters. The number of nitrogens with one attached hydrogen (secondary N) is 1. The summed E-state index contributed by atoms with van der Waals surface area (Å²) in [5, 5.41) is 3.72. The first kappa shape index (κ1) is 15.8. The summed E-state index contributed by atoms with van der Waals surface area (Å²) in [4.78, 5) is 0. The highest BCUT2D eigenvalue weighted by Gasteiger charge is 2.29. The summed E-state index contributed by atoms with van der Waals surface area (Å²) >= 11 is 3.56. The largest absolute Gasteiger partial charge is 0.493 e. The summed E-state index contributed by atoms with van der Waals surface area (Å²) in [6.45, 7) is 8.54. The fourth-order valence-electron chi connectivity index (χ4n) is 2.93. The Morgan fingerprint density at radius 2 is 2.10 bits per heavy atom. The first-order chi connectivity index (χ1) is 9.61. The Hall–Kier alpha value is -0.540. The molecule has 1 aliphatic rings. The normalized spacial score (nSPS) is 25.9. The van der Waals surface area contributed by atoms with Crippen LogP contribution in [0.25, 0.3) is 0 Å². The minimum absolute atomic E-state index is 0.642. The zero-order valence-corrected chi connectivity index (χ0v) is 14.4. The van der Waals surface area contributed by atoms with Crippen LogP contribution in [0.5, 0.6) is 5.75 Å². The van der Waals surface area contributed by atoms with E-state index in [0.717, 1.165) is 41.6 Å². The van der Waals surface area contributed by atoms with Crippen LogP contribution >= 0.6 is 15.9 Å². The smallest absolute Gasteiger partial charge is 0.123 e. The second kappa shape index (κ2) is 7.46. The van der Waals surface area contributed by atoms with Crippen LogP contribution in [0.15, 0.2) is 22.7 Å². The van der Waals surface area contributed by atoms with E-state index in [1.807, 2.05) is 0 Å². The summed E-state index contributed by atoms with van der Waals surface area (Å²) in [6.07, 6.45) is 3.68. The third-order valence-corrected chi connectivity index (χ3v) is 5.00. The second-order valence-electron chi connectivity index (χ2n) is 6.00. The number of halogens is 1. The van der Waals surface area contributed by atoms with Crippen LogP contribution in [0.1, 0.15) is 45.6 Å². The van der Waals surface area contributed by atoms with Gasteiger partial charge in [0.1, 0.15) is 5.75 Å². The maximum atomic E-state index is 5.84. The van der Waals surface area contributed by atoms with Crippen LogP contribution in [-0.4, -0.2) is 12.6 Å². The lowest BCUT2D eigenvalue weighted by Crippen LogP contribution is -2.32. The topological polar surface area (TPSA) is 21.3 Å². The molecule has 0 aliphatic heterocycles. The minimum Gasteiger partial charge on any atom is -0.493 e. The van der Waals surface area contributed by atoms with Crippen LogP contribution in [0.3, 0.4) is 0 Å². The van der Waals surface area contributed by atoms with Crippen molar-refractivity contribution >= 4 is 15.9 Å². The van der Waals surface area contributed by atoms with Crippen molar-refractivity contribution in [1.29, 1.82) is 0 Å². The van der Waals surface area contributed by atoms with Gasteiger partial charge in [-0.2, -0.15) is 0 Å². The van der Waals surface area contributed by atoms with Crippen molar-refractivity contribution in [2.45, 2.75) is 52.6 Å².